The highest BCUT2D eigenvalue weighted by atomic mass is 16.5. The normalized spacial score (nSPS) is 11.5. The molecule has 27 heavy (non-hydrogen) atoms. The van der Waals surface area contributed by atoms with Crippen LogP contribution >= 0.6 is 0 Å². The number of aromatic nitrogens is 1. The van der Waals surface area contributed by atoms with Crippen molar-refractivity contribution in [3.05, 3.63) is 35.5 Å². The first kappa shape index (κ1) is 20.8. The van der Waals surface area contributed by atoms with E-state index in [4.69, 9.17) is 14.0 Å². The summed E-state index contributed by atoms with van der Waals surface area (Å²) in [5.41, 5.74) is 1.70. The van der Waals surface area contributed by atoms with Crippen LogP contribution in [0.3, 0.4) is 0 Å². The monoisotopic (exact) mass is 375 g/mol. The second-order valence-corrected chi connectivity index (χ2v) is 7.47. The quantitative estimate of drug-likeness (QED) is 0.761. The topological polar surface area (TPSA) is 76.8 Å². The maximum absolute atomic E-state index is 12.2. The molecule has 0 atom stereocenters. The van der Waals surface area contributed by atoms with E-state index in [0.717, 1.165) is 11.3 Å². The lowest BCUT2D eigenvalue weighted by Gasteiger charge is -2.17. The lowest BCUT2D eigenvalue weighted by atomic mass is 9.92. The van der Waals surface area contributed by atoms with Crippen molar-refractivity contribution in [3.63, 3.8) is 0 Å². The molecule has 1 aromatic carbocycles. The Balaban J connectivity index is 1.92. The number of methoxy groups -OCH3 is 1. The Labute approximate surface area is 160 Å². The Bertz CT molecular complexity index is 765. The number of hydrogen-bond donors (Lipinski definition) is 1. The molecule has 7 nitrogen and oxygen atoms in total. The van der Waals surface area contributed by atoms with Gasteiger partial charge in [-0.05, 0) is 31.7 Å². The molecule has 0 unspecified atom stereocenters. The van der Waals surface area contributed by atoms with Crippen molar-refractivity contribution in [2.75, 3.05) is 32.6 Å². The standard InChI is InChI=1S/C20H29N3O4/c1-7-26-15-9-8-14(10-16(15)25-6)12-23(5)13-18(24)21-19-11-17(22-27-19)20(2,3)4/h8-11H,7,12-13H2,1-6H3,(H,21,24). The van der Waals surface area contributed by atoms with Crippen LogP contribution < -0.4 is 14.8 Å². The summed E-state index contributed by atoms with van der Waals surface area (Å²) >= 11 is 0. The van der Waals surface area contributed by atoms with E-state index in [1.54, 1.807) is 13.2 Å². The molecule has 1 aromatic heterocycles. The number of carbonyl (C=O) groups is 1. The number of rotatable bonds is 8. The van der Waals surface area contributed by atoms with Crippen LogP contribution in [0.4, 0.5) is 5.88 Å². The van der Waals surface area contributed by atoms with Gasteiger partial charge in [0.25, 0.3) is 0 Å². The van der Waals surface area contributed by atoms with E-state index in [2.05, 4.69) is 10.5 Å². The van der Waals surface area contributed by atoms with E-state index in [0.29, 0.717) is 30.5 Å². The van der Waals surface area contributed by atoms with Crippen molar-refractivity contribution in [1.29, 1.82) is 0 Å². The third kappa shape index (κ3) is 5.99. The summed E-state index contributed by atoms with van der Waals surface area (Å²) in [5, 5.41) is 6.75. The minimum atomic E-state index is -0.160. The molecule has 0 aliphatic carbocycles. The fraction of sp³-hybridized carbons (Fsp3) is 0.500. The second-order valence-electron chi connectivity index (χ2n) is 7.47. The second kappa shape index (κ2) is 8.90. The predicted molar refractivity (Wildman–Crippen MR) is 104 cm³/mol. The van der Waals surface area contributed by atoms with Gasteiger partial charge in [0.05, 0.1) is 26.0 Å². The first-order valence-corrected chi connectivity index (χ1v) is 8.98. The molecule has 148 valence electrons. The Morgan fingerprint density at radius 3 is 2.59 bits per heavy atom. The van der Waals surface area contributed by atoms with Gasteiger partial charge in [0.1, 0.15) is 0 Å². The van der Waals surface area contributed by atoms with E-state index in [9.17, 15) is 4.79 Å². The van der Waals surface area contributed by atoms with E-state index in [1.165, 1.54) is 0 Å². The summed E-state index contributed by atoms with van der Waals surface area (Å²) in [4.78, 5) is 14.2. The first-order chi connectivity index (χ1) is 12.7. The zero-order valence-corrected chi connectivity index (χ0v) is 17.0. The van der Waals surface area contributed by atoms with Crippen LogP contribution in [0.2, 0.25) is 0 Å². The number of likely N-dealkylation sites (N-methyl/N-ethyl adjacent to an activating group) is 1. The summed E-state index contributed by atoms with van der Waals surface area (Å²) in [6, 6.07) is 7.53. The smallest absolute Gasteiger partial charge is 0.240 e. The number of hydrogen-bond acceptors (Lipinski definition) is 6. The van der Waals surface area contributed by atoms with Gasteiger partial charge in [-0.1, -0.05) is 32.0 Å². The fourth-order valence-electron chi connectivity index (χ4n) is 2.56. The highest BCUT2D eigenvalue weighted by Crippen LogP contribution is 2.28. The van der Waals surface area contributed by atoms with Gasteiger partial charge in [-0.15, -0.1) is 0 Å². The van der Waals surface area contributed by atoms with Crippen LogP contribution in [-0.4, -0.2) is 43.3 Å². The van der Waals surface area contributed by atoms with Crippen LogP contribution in [0.25, 0.3) is 0 Å². The van der Waals surface area contributed by atoms with Crippen molar-refractivity contribution in [1.82, 2.24) is 10.1 Å². The number of nitrogens with zero attached hydrogens (tertiary/aromatic N) is 2. The average molecular weight is 375 g/mol. The molecule has 0 aliphatic rings. The zero-order chi connectivity index (χ0) is 20.0. The first-order valence-electron chi connectivity index (χ1n) is 8.98. The highest BCUT2D eigenvalue weighted by Gasteiger charge is 2.20. The lowest BCUT2D eigenvalue weighted by molar-refractivity contribution is -0.117. The largest absolute Gasteiger partial charge is 0.493 e. The molecule has 0 spiro atoms. The summed E-state index contributed by atoms with van der Waals surface area (Å²) < 4.78 is 16.1. The van der Waals surface area contributed by atoms with Crippen molar-refractivity contribution < 1.29 is 18.8 Å². The van der Waals surface area contributed by atoms with Crippen LogP contribution in [0, 0.1) is 0 Å². The van der Waals surface area contributed by atoms with Crippen molar-refractivity contribution in [3.8, 4) is 11.5 Å². The Morgan fingerprint density at radius 1 is 1.26 bits per heavy atom. The van der Waals surface area contributed by atoms with Gasteiger partial charge in [0.2, 0.25) is 11.8 Å². The lowest BCUT2D eigenvalue weighted by Crippen LogP contribution is -2.29. The minimum Gasteiger partial charge on any atom is -0.493 e. The molecule has 1 N–H and O–H groups in total. The van der Waals surface area contributed by atoms with Gasteiger partial charge < -0.3 is 14.0 Å². The average Bonchev–Trinajstić information content (AvgIpc) is 3.04. The van der Waals surface area contributed by atoms with Crippen LogP contribution in [0.1, 0.15) is 39.0 Å². The summed E-state index contributed by atoms with van der Waals surface area (Å²) in [5.74, 6) is 1.60. The SMILES string of the molecule is CCOc1ccc(CN(C)CC(=O)Nc2cc(C(C)(C)C)no2)cc1OC. The molecule has 2 rings (SSSR count). The van der Waals surface area contributed by atoms with Gasteiger partial charge in [-0.2, -0.15) is 0 Å². The van der Waals surface area contributed by atoms with Crippen LogP contribution in [0.15, 0.2) is 28.8 Å². The van der Waals surface area contributed by atoms with Crippen molar-refractivity contribution in [2.45, 2.75) is 39.7 Å². The molecule has 2 aromatic rings. The maximum Gasteiger partial charge on any atom is 0.240 e. The minimum absolute atomic E-state index is 0.129. The van der Waals surface area contributed by atoms with Gasteiger partial charge in [-0.3, -0.25) is 15.0 Å². The van der Waals surface area contributed by atoms with Crippen molar-refractivity contribution >= 4 is 11.8 Å². The van der Waals surface area contributed by atoms with Crippen molar-refractivity contribution in [2.24, 2.45) is 0 Å². The Kier molecular flexibility index (Phi) is 6.85. The predicted octanol–water partition coefficient (Wildman–Crippen LogP) is 3.45. The van der Waals surface area contributed by atoms with Gasteiger partial charge in [0.15, 0.2) is 11.5 Å². The molecule has 7 heteroatoms. The van der Waals surface area contributed by atoms with Crippen LogP contribution in [-0.2, 0) is 16.8 Å². The Hall–Kier alpha value is -2.54. The van der Waals surface area contributed by atoms with E-state index < -0.39 is 0 Å². The van der Waals surface area contributed by atoms with E-state index in [-0.39, 0.29) is 17.9 Å². The highest BCUT2D eigenvalue weighted by molar-refractivity contribution is 5.90. The molecular formula is C20H29N3O4. The van der Waals surface area contributed by atoms with Gasteiger partial charge in [-0.25, -0.2) is 0 Å². The van der Waals surface area contributed by atoms with E-state index in [1.807, 2.05) is 57.8 Å². The molecule has 0 aliphatic heterocycles. The molecule has 0 saturated heterocycles. The molecular weight excluding hydrogens is 346 g/mol. The van der Waals surface area contributed by atoms with Crippen LogP contribution in [0.5, 0.6) is 11.5 Å². The number of amides is 1. The number of nitrogens with one attached hydrogen (secondary N) is 1. The fourth-order valence-corrected chi connectivity index (χ4v) is 2.56. The number of carbonyl (C=O) groups excluding carboxylic acids is 1. The molecule has 0 fully saturated rings. The Morgan fingerprint density at radius 2 is 2.00 bits per heavy atom. The number of ether oxygens (including phenoxy) is 2. The molecule has 0 bridgehead atoms. The third-order valence-electron chi connectivity index (χ3n) is 3.94. The number of anilines is 1. The maximum atomic E-state index is 12.2. The van der Waals surface area contributed by atoms with Gasteiger partial charge in [0, 0.05) is 18.0 Å². The van der Waals surface area contributed by atoms with E-state index >= 15 is 0 Å². The summed E-state index contributed by atoms with van der Waals surface area (Å²) in [7, 11) is 3.49. The zero-order valence-electron chi connectivity index (χ0n) is 17.0. The molecule has 0 saturated carbocycles. The van der Waals surface area contributed by atoms with Gasteiger partial charge >= 0.3 is 0 Å². The molecule has 1 heterocycles. The third-order valence-corrected chi connectivity index (χ3v) is 3.94. The molecule has 1 amide bonds. The summed E-state index contributed by atoms with van der Waals surface area (Å²) in [6.07, 6.45) is 0. The number of benzene rings is 1. The summed E-state index contributed by atoms with van der Waals surface area (Å²) in [6.45, 7) is 9.44. The molecule has 0 radical (unpaired) electrons.